The summed E-state index contributed by atoms with van der Waals surface area (Å²) in [6, 6.07) is 12.9. The average Bonchev–Trinajstić information content (AvgIpc) is 3.82. The molecule has 274 valence electrons. The third-order valence-corrected chi connectivity index (χ3v) is 7.79. The third-order valence-electron chi connectivity index (χ3n) is 7.33. The van der Waals surface area contributed by atoms with Gasteiger partial charge in [-0.05, 0) is 91.9 Å². The molecule has 0 aliphatic carbocycles. The lowest BCUT2D eigenvalue weighted by Gasteiger charge is -2.14. The molecule has 13 heteroatoms. The number of carboxylic acids is 1. The van der Waals surface area contributed by atoms with Crippen molar-refractivity contribution in [2.75, 3.05) is 31.8 Å². The number of alkyl halides is 1. The molecule has 0 bridgehead atoms. The van der Waals surface area contributed by atoms with Crippen molar-refractivity contribution in [3.05, 3.63) is 105 Å². The number of aryl methyl sites for hydroxylation is 3. The summed E-state index contributed by atoms with van der Waals surface area (Å²) in [6.07, 6.45) is 1.87. The molecule has 2 aliphatic heterocycles. The molecule has 0 saturated carbocycles. The van der Waals surface area contributed by atoms with E-state index in [2.05, 4.69) is 15.9 Å². The van der Waals surface area contributed by atoms with Crippen molar-refractivity contribution in [3.8, 4) is 0 Å². The molecular weight excluding hydrogens is 725 g/mol. The highest BCUT2D eigenvalue weighted by Crippen LogP contribution is 2.23. The summed E-state index contributed by atoms with van der Waals surface area (Å²) in [4.78, 5) is 31.8. The predicted molar refractivity (Wildman–Crippen MR) is 184 cm³/mol. The molecule has 1 atom stereocenters. The van der Waals surface area contributed by atoms with Gasteiger partial charge < -0.3 is 29.2 Å². The second-order valence-corrected chi connectivity index (χ2v) is 12.1. The monoisotopic (exact) mass is 768 g/mol. The fraction of sp³-hybridized carbons (Fsp3) is 0.432. The fourth-order valence-corrected chi connectivity index (χ4v) is 4.87. The van der Waals surface area contributed by atoms with Crippen LogP contribution in [-0.2, 0) is 23.7 Å². The lowest BCUT2D eigenvalue weighted by molar-refractivity contribution is -0.136. The Labute approximate surface area is 298 Å². The Kier molecular flexibility index (Phi) is 19.7. The number of ether oxygens (including phenoxy) is 4. The number of Topliss-reactive ketones (excluding diaryl/α,β-unsaturated/α-hetero) is 1. The minimum atomic E-state index is -1.01. The SMILES string of the molecule is BrCCC1OCCO1.Cc1cc(C(=O)CCC(=O)O)ccc1F.Cc1cc(C(O)CCC2OCCO2)ccc1F.Cc1cc(C=O)ccc1F. The van der Waals surface area contributed by atoms with E-state index < -0.39 is 12.1 Å². The molecule has 3 aromatic rings. The van der Waals surface area contributed by atoms with Crippen molar-refractivity contribution in [2.24, 2.45) is 0 Å². The predicted octanol–water partition coefficient (Wildman–Crippen LogP) is 7.59. The Morgan fingerprint density at radius 1 is 0.780 bits per heavy atom. The van der Waals surface area contributed by atoms with Crippen LogP contribution in [0.25, 0.3) is 0 Å². The number of aliphatic carboxylic acids is 1. The second-order valence-electron chi connectivity index (χ2n) is 11.3. The summed E-state index contributed by atoms with van der Waals surface area (Å²) in [5, 5.41) is 19.3. The van der Waals surface area contributed by atoms with Crippen molar-refractivity contribution in [3.63, 3.8) is 0 Å². The summed E-state index contributed by atoms with van der Waals surface area (Å²) in [5.74, 6) is -2.18. The first-order valence-corrected chi connectivity index (χ1v) is 17.2. The highest BCUT2D eigenvalue weighted by Gasteiger charge is 2.18. The van der Waals surface area contributed by atoms with Gasteiger partial charge >= 0.3 is 5.97 Å². The van der Waals surface area contributed by atoms with Crippen molar-refractivity contribution in [2.45, 2.75) is 71.6 Å². The highest BCUT2D eigenvalue weighted by molar-refractivity contribution is 9.09. The zero-order valence-corrected chi connectivity index (χ0v) is 29.9. The van der Waals surface area contributed by atoms with E-state index in [0.717, 1.165) is 30.5 Å². The number of aliphatic hydroxyl groups excluding tert-OH is 1. The molecule has 0 aromatic heterocycles. The lowest BCUT2D eigenvalue weighted by Crippen LogP contribution is -2.10. The van der Waals surface area contributed by atoms with Crippen molar-refractivity contribution in [1.82, 2.24) is 0 Å². The smallest absolute Gasteiger partial charge is 0.303 e. The van der Waals surface area contributed by atoms with E-state index in [0.29, 0.717) is 60.2 Å². The number of hydrogen-bond acceptors (Lipinski definition) is 8. The maximum Gasteiger partial charge on any atom is 0.303 e. The molecule has 50 heavy (non-hydrogen) atoms. The van der Waals surface area contributed by atoms with Gasteiger partial charge in [0, 0.05) is 35.7 Å². The van der Waals surface area contributed by atoms with Crippen LogP contribution in [0.4, 0.5) is 13.2 Å². The molecule has 1 unspecified atom stereocenters. The number of ketones is 1. The van der Waals surface area contributed by atoms with Crippen molar-refractivity contribution >= 4 is 34.0 Å². The first-order chi connectivity index (χ1) is 23.8. The Hall–Kier alpha value is -3.46. The summed E-state index contributed by atoms with van der Waals surface area (Å²) in [7, 11) is 0. The zero-order valence-electron chi connectivity index (χ0n) is 28.3. The molecule has 2 aliphatic rings. The first-order valence-electron chi connectivity index (χ1n) is 16.0. The molecular formula is C37H44BrF3O9. The summed E-state index contributed by atoms with van der Waals surface area (Å²) in [6.45, 7) is 7.64. The largest absolute Gasteiger partial charge is 0.481 e. The van der Waals surface area contributed by atoms with E-state index in [1.807, 2.05) is 0 Å². The van der Waals surface area contributed by atoms with Gasteiger partial charge in [-0.25, -0.2) is 13.2 Å². The topological polar surface area (TPSA) is 129 Å². The maximum atomic E-state index is 13.1. The van der Waals surface area contributed by atoms with E-state index in [-0.39, 0.29) is 48.7 Å². The van der Waals surface area contributed by atoms with Crippen LogP contribution in [0.3, 0.4) is 0 Å². The van der Waals surface area contributed by atoms with Crippen LogP contribution < -0.4 is 0 Å². The van der Waals surface area contributed by atoms with Gasteiger partial charge in [0.15, 0.2) is 18.4 Å². The average molecular weight is 770 g/mol. The standard InChI is InChI=1S/C13H17FO3.C11H11FO3.C8H7FO.C5H9BrO2/c1-9-8-10(2-3-11(9)14)12(15)4-5-13-16-6-7-17-13;1-7-6-8(2-3-9(7)12)10(13)4-5-11(14)15;1-6-4-7(5-10)2-3-8(6)9;6-2-1-5-7-3-4-8-5/h2-3,8,12-13,15H,4-7H2,1H3;2-3,6H,4-5H2,1H3,(H,14,15);2-5H,1H3;5H,1-4H2. The molecule has 2 heterocycles. The van der Waals surface area contributed by atoms with Crippen LogP contribution in [0.5, 0.6) is 0 Å². The van der Waals surface area contributed by atoms with Crippen molar-refractivity contribution < 1.29 is 56.7 Å². The highest BCUT2D eigenvalue weighted by atomic mass is 79.9. The molecule has 2 saturated heterocycles. The van der Waals surface area contributed by atoms with Crippen LogP contribution in [0.1, 0.15) is 81.2 Å². The van der Waals surface area contributed by atoms with Gasteiger partial charge in [-0.15, -0.1) is 0 Å². The van der Waals surface area contributed by atoms with Crippen LogP contribution in [0.2, 0.25) is 0 Å². The Morgan fingerprint density at radius 2 is 1.28 bits per heavy atom. The van der Waals surface area contributed by atoms with Gasteiger partial charge in [-0.3, -0.25) is 14.4 Å². The minimum absolute atomic E-state index is 0.0552. The number of carboxylic acid groups (broad SMARTS) is 1. The van der Waals surface area contributed by atoms with E-state index in [4.69, 9.17) is 24.1 Å². The first kappa shape index (κ1) is 42.7. The zero-order chi connectivity index (χ0) is 37.1. The van der Waals surface area contributed by atoms with E-state index in [1.54, 1.807) is 32.9 Å². The normalized spacial score (nSPS) is 14.7. The lowest BCUT2D eigenvalue weighted by atomic mass is 10.0. The van der Waals surface area contributed by atoms with Crippen LogP contribution in [0, 0.1) is 38.2 Å². The molecule has 2 fully saturated rings. The Balaban J connectivity index is 0.000000240. The number of carbonyl (C=O) groups excluding carboxylic acids is 2. The number of carbonyl (C=O) groups is 3. The molecule has 2 N–H and O–H groups in total. The van der Waals surface area contributed by atoms with E-state index >= 15 is 0 Å². The summed E-state index contributed by atoms with van der Waals surface area (Å²) >= 11 is 3.30. The van der Waals surface area contributed by atoms with Gasteiger partial charge in [-0.2, -0.15) is 0 Å². The number of aliphatic hydroxyl groups is 1. The Bertz CT molecular complexity index is 1510. The fourth-order valence-electron chi connectivity index (χ4n) is 4.50. The molecule has 3 aromatic carbocycles. The van der Waals surface area contributed by atoms with Crippen LogP contribution >= 0.6 is 15.9 Å². The molecule has 5 rings (SSSR count). The molecule has 0 radical (unpaired) electrons. The van der Waals surface area contributed by atoms with Gasteiger partial charge in [0.05, 0.1) is 39.0 Å². The molecule has 0 spiro atoms. The number of aldehydes is 1. The van der Waals surface area contributed by atoms with Gasteiger partial charge in [-0.1, -0.05) is 28.1 Å². The minimum Gasteiger partial charge on any atom is -0.481 e. The number of benzene rings is 3. The molecule has 9 nitrogen and oxygen atoms in total. The number of rotatable bonds is 11. The van der Waals surface area contributed by atoms with E-state index in [1.165, 1.54) is 42.5 Å². The van der Waals surface area contributed by atoms with E-state index in [9.17, 15) is 32.7 Å². The van der Waals surface area contributed by atoms with Gasteiger partial charge in [0.25, 0.3) is 0 Å². The third kappa shape index (κ3) is 16.0. The number of halogens is 4. The summed E-state index contributed by atoms with van der Waals surface area (Å²) < 4.78 is 59.3. The number of hydrogen-bond donors (Lipinski definition) is 2. The van der Waals surface area contributed by atoms with Crippen LogP contribution in [-0.4, -0.2) is 72.6 Å². The quantitative estimate of drug-likeness (QED) is 0.115. The van der Waals surface area contributed by atoms with Gasteiger partial charge in [0.1, 0.15) is 23.7 Å². The second kappa shape index (κ2) is 23.1. The van der Waals surface area contributed by atoms with Crippen LogP contribution in [0.15, 0.2) is 54.6 Å². The Morgan fingerprint density at radius 3 is 1.76 bits per heavy atom. The summed E-state index contributed by atoms with van der Waals surface area (Å²) in [5.41, 5.74) is 3.05. The van der Waals surface area contributed by atoms with Gasteiger partial charge in [0.2, 0.25) is 0 Å². The van der Waals surface area contributed by atoms with Crippen molar-refractivity contribution in [1.29, 1.82) is 0 Å². The maximum absolute atomic E-state index is 13.1. The molecule has 0 amide bonds.